The van der Waals surface area contributed by atoms with E-state index >= 15 is 0 Å². The fraction of sp³-hybridized carbons (Fsp3) is 0.406. The van der Waals surface area contributed by atoms with Crippen LogP contribution >= 0.6 is 0 Å². The molecule has 0 radical (unpaired) electrons. The first-order valence-electron chi connectivity index (χ1n) is 13.7. The molecular formula is C32H38N2O5. The minimum absolute atomic E-state index is 0.00509. The lowest BCUT2D eigenvalue weighted by atomic mass is 9.90. The van der Waals surface area contributed by atoms with Crippen molar-refractivity contribution in [1.29, 1.82) is 0 Å². The number of amides is 1. The quantitative estimate of drug-likeness (QED) is 0.443. The standard InChI is InChI=1S/C32H38N2O5/c1-22-30(20-34-14-16-37-17-15-34)38-32(39-31(22)27-8-6-24(21-35)7-9-27)28-12-10-26(11-13-28)29-5-3-4-25(18-29)19-33-23(2)36/h3-13,18,22,30-32,35H,14-17,19-21H2,1-2H3,(H,33,36). The second-order valence-electron chi connectivity index (χ2n) is 10.5. The van der Waals surface area contributed by atoms with Crippen molar-refractivity contribution in [3.8, 4) is 11.1 Å². The first kappa shape index (κ1) is 27.5. The fourth-order valence-electron chi connectivity index (χ4n) is 5.29. The van der Waals surface area contributed by atoms with E-state index in [1.807, 2.05) is 24.3 Å². The van der Waals surface area contributed by atoms with Gasteiger partial charge in [0.2, 0.25) is 5.91 Å². The molecule has 2 heterocycles. The van der Waals surface area contributed by atoms with Crippen molar-refractivity contribution in [1.82, 2.24) is 10.2 Å². The van der Waals surface area contributed by atoms with E-state index in [4.69, 9.17) is 14.2 Å². The minimum Gasteiger partial charge on any atom is -0.392 e. The van der Waals surface area contributed by atoms with E-state index in [2.05, 4.69) is 65.7 Å². The molecule has 2 fully saturated rings. The van der Waals surface area contributed by atoms with Crippen LogP contribution in [-0.4, -0.2) is 54.9 Å². The van der Waals surface area contributed by atoms with Crippen LogP contribution in [0, 0.1) is 5.92 Å². The number of aliphatic hydroxyl groups is 1. The number of benzene rings is 3. The maximum atomic E-state index is 11.3. The van der Waals surface area contributed by atoms with Gasteiger partial charge >= 0.3 is 0 Å². The zero-order valence-corrected chi connectivity index (χ0v) is 22.7. The Balaban J connectivity index is 1.36. The Hall–Kier alpha value is -3.07. The van der Waals surface area contributed by atoms with E-state index in [0.29, 0.717) is 6.54 Å². The number of hydrogen-bond acceptors (Lipinski definition) is 6. The van der Waals surface area contributed by atoms with Crippen molar-refractivity contribution >= 4 is 5.91 Å². The summed E-state index contributed by atoms with van der Waals surface area (Å²) in [5.41, 5.74) is 6.19. The van der Waals surface area contributed by atoms with Gasteiger partial charge in [-0.1, -0.05) is 73.7 Å². The first-order chi connectivity index (χ1) is 19.0. The van der Waals surface area contributed by atoms with Gasteiger partial charge in [-0.3, -0.25) is 9.69 Å². The molecular weight excluding hydrogens is 492 g/mol. The first-order valence-corrected chi connectivity index (χ1v) is 13.7. The predicted octanol–water partition coefficient (Wildman–Crippen LogP) is 4.61. The third-order valence-electron chi connectivity index (χ3n) is 7.65. The lowest BCUT2D eigenvalue weighted by Gasteiger charge is -2.43. The second kappa shape index (κ2) is 12.9. The molecule has 0 aliphatic carbocycles. The summed E-state index contributed by atoms with van der Waals surface area (Å²) in [4.78, 5) is 13.7. The lowest BCUT2D eigenvalue weighted by Crippen LogP contribution is -2.47. The molecule has 3 aromatic carbocycles. The van der Waals surface area contributed by atoms with Gasteiger partial charge in [0, 0.05) is 44.6 Å². The monoisotopic (exact) mass is 530 g/mol. The van der Waals surface area contributed by atoms with Crippen LogP contribution in [0.2, 0.25) is 0 Å². The Kier molecular flexibility index (Phi) is 9.06. The number of morpholine rings is 1. The predicted molar refractivity (Wildman–Crippen MR) is 150 cm³/mol. The molecule has 2 saturated heterocycles. The molecule has 2 N–H and O–H groups in total. The molecule has 1 amide bonds. The minimum atomic E-state index is -0.491. The third kappa shape index (κ3) is 6.93. The van der Waals surface area contributed by atoms with Crippen LogP contribution in [0.4, 0.5) is 0 Å². The molecule has 7 nitrogen and oxygen atoms in total. The third-order valence-corrected chi connectivity index (χ3v) is 7.65. The van der Waals surface area contributed by atoms with E-state index in [-0.39, 0.29) is 30.6 Å². The molecule has 7 heteroatoms. The molecule has 4 atom stereocenters. The highest BCUT2D eigenvalue weighted by molar-refractivity contribution is 5.73. The van der Waals surface area contributed by atoms with Crippen molar-refractivity contribution in [2.75, 3.05) is 32.8 Å². The maximum absolute atomic E-state index is 11.3. The topological polar surface area (TPSA) is 80.3 Å². The number of nitrogens with zero attached hydrogens (tertiary/aromatic N) is 1. The van der Waals surface area contributed by atoms with Gasteiger partial charge in [-0.15, -0.1) is 0 Å². The van der Waals surface area contributed by atoms with Gasteiger partial charge in [-0.25, -0.2) is 0 Å². The molecule has 0 aromatic heterocycles. The Morgan fingerprint density at radius 1 is 0.923 bits per heavy atom. The number of rotatable bonds is 8. The molecule has 0 spiro atoms. The van der Waals surface area contributed by atoms with Crippen molar-refractivity contribution in [3.63, 3.8) is 0 Å². The largest absolute Gasteiger partial charge is 0.392 e. The van der Waals surface area contributed by atoms with Crippen molar-refractivity contribution in [2.45, 2.75) is 45.5 Å². The van der Waals surface area contributed by atoms with Crippen LogP contribution in [0.3, 0.4) is 0 Å². The van der Waals surface area contributed by atoms with Crippen LogP contribution in [0.15, 0.2) is 72.8 Å². The SMILES string of the molecule is CC(=O)NCc1cccc(-c2ccc(C3OC(CN4CCOCC4)C(C)C(c4ccc(CO)cc4)O3)cc2)c1. The molecule has 3 aromatic rings. The summed E-state index contributed by atoms with van der Waals surface area (Å²) in [6.07, 6.45) is -0.628. The Bertz CT molecular complexity index is 1220. The van der Waals surface area contributed by atoms with Crippen LogP contribution in [0.25, 0.3) is 11.1 Å². The average molecular weight is 531 g/mol. The highest BCUT2D eigenvalue weighted by Gasteiger charge is 2.39. The van der Waals surface area contributed by atoms with Crippen molar-refractivity contribution in [3.05, 3.63) is 95.1 Å². The summed E-state index contributed by atoms with van der Waals surface area (Å²) >= 11 is 0. The van der Waals surface area contributed by atoms with Crippen molar-refractivity contribution < 1.29 is 24.1 Å². The van der Waals surface area contributed by atoms with E-state index in [9.17, 15) is 9.90 Å². The number of carbonyl (C=O) groups is 1. The van der Waals surface area contributed by atoms with E-state index in [0.717, 1.165) is 66.2 Å². The number of aliphatic hydroxyl groups excluding tert-OH is 1. The highest BCUT2D eigenvalue weighted by Crippen LogP contribution is 2.42. The Morgan fingerprint density at radius 2 is 1.64 bits per heavy atom. The van der Waals surface area contributed by atoms with E-state index in [1.54, 1.807) is 0 Å². The van der Waals surface area contributed by atoms with Crippen LogP contribution in [0.1, 0.15) is 48.5 Å². The maximum Gasteiger partial charge on any atom is 0.217 e. The highest BCUT2D eigenvalue weighted by atomic mass is 16.7. The van der Waals surface area contributed by atoms with Gasteiger partial charge in [0.1, 0.15) is 0 Å². The number of hydrogen-bond donors (Lipinski definition) is 2. The Labute approximate surface area is 230 Å². The van der Waals surface area contributed by atoms with Gasteiger partial charge in [-0.05, 0) is 33.9 Å². The van der Waals surface area contributed by atoms with Gasteiger partial charge < -0.3 is 24.6 Å². The summed E-state index contributed by atoms with van der Waals surface area (Å²) in [6, 6.07) is 24.6. The molecule has 5 rings (SSSR count). The molecule has 0 saturated carbocycles. The van der Waals surface area contributed by atoms with E-state index in [1.165, 1.54) is 6.92 Å². The average Bonchev–Trinajstić information content (AvgIpc) is 2.98. The van der Waals surface area contributed by atoms with Crippen LogP contribution in [0.5, 0.6) is 0 Å². The molecule has 4 unspecified atom stereocenters. The molecule has 0 bridgehead atoms. The van der Waals surface area contributed by atoms with Gasteiger partial charge in [0.05, 0.1) is 32.0 Å². The van der Waals surface area contributed by atoms with Gasteiger partial charge in [0.25, 0.3) is 0 Å². The van der Waals surface area contributed by atoms with Crippen LogP contribution in [-0.2, 0) is 32.2 Å². The van der Waals surface area contributed by atoms with Gasteiger partial charge in [-0.2, -0.15) is 0 Å². The summed E-state index contributed by atoms with van der Waals surface area (Å²) in [6.45, 7) is 8.40. The van der Waals surface area contributed by atoms with Crippen LogP contribution < -0.4 is 5.32 Å². The van der Waals surface area contributed by atoms with Crippen molar-refractivity contribution in [2.24, 2.45) is 5.92 Å². The number of carbonyl (C=O) groups excluding carboxylic acids is 1. The number of ether oxygens (including phenoxy) is 3. The number of nitrogens with one attached hydrogen (secondary N) is 1. The molecule has 39 heavy (non-hydrogen) atoms. The zero-order chi connectivity index (χ0) is 27.2. The summed E-state index contributed by atoms with van der Waals surface area (Å²) < 4.78 is 18.8. The normalized spacial score (nSPS) is 23.9. The summed E-state index contributed by atoms with van der Waals surface area (Å²) in [5, 5.41) is 12.3. The molecule has 2 aliphatic heterocycles. The molecule has 2 aliphatic rings. The lowest BCUT2D eigenvalue weighted by molar-refractivity contribution is -0.277. The zero-order valence-electron chi connectivity index (χ0n) is 22.7. The smallest absolute Gasteiger partial charge is 0.217 e. The summed E-state index contributed by atoms with van der Waals surface area (Å²) in [5.74, 6) is 0.107. The summed E-state index contributed by atoms with van der Waals surface area (Å²) in [7, 11) is 0. The fourth-order valence-corrected chi connectivity index (χ4v) is 5.29. The van der Waals surface area contributed by atoms with Gasteiger partial charge in [0.15, 0.2) is 6.29 Å². The Morgan fingerprint density at radius 3 is 2.33 bits per heavy atom. The molecule has 206 valence electrons. The van der Waals surface area contributed by atoms with E-state index < -0.39 is 6.29 Å². The second-order valence-corrected chi connectivity index (χ2v) is 10.5.